The van der Waals surface area contributed by atoms with Gasteiger partial charge in [0.05, 0.1) is 24.6 Å². The van der Waals surface area contributed by atoms with Gasteiger partial charge in [0.15, 0.2) is 0 Å². The van der Waals surface area contributed by atoms with E-state index in [1.807, 2.05) is 37.0 Å². The average Bonchev–Trinajstić information content (AvgIpc) is 2.94. The number of aliphatic hydroxyl groups is 1. The van der Waals surface area contributed by atoms with Gasteiger partial charge in [-0.05, 0) is 31.9 Å². The van der Waals surface area contributed by atoms with Gasteiger partial charge in [-0.2, -0.15) is 5.10 Å². The molecule has 0 radical (unpaired) electrons. The minimum absolute atomic E-state index is 0.0286. The van der Waals surface area contributed by atoms with Gasteiger partial charge in [0, 0.05) is 24.3 Å². The van der Waals surface area contributed by atoms with Crippen LogP contribution in [-0.4, -0.2) is 27.0 Å². The maximum absolute atomic E-state index is 9.93. The molecule has 0 saturated heterocycles. The number of furan rings is 1. The average molecular weight is 261 g/mol. The van der Waals surface area contributed by atoms with Gasteiger partial charge >= 0.3 is 0 Å². The second-order valence-corrected chi connectivity index (χ2v) is 5.28. The highest BCUT2D eigenvalue weighted by Gasteiger charge is 2.41. The molecular weight excluding hydrogens is 242 g/mol. The van der Waals surface area contributed by atoms with Crippen LogP contribution in [0, 0.1) is 13.8 Å². The van der Waals surface area contributed by atoms with E-state index in [0.29, 0.717) is 0 Å². The number of hydrogen-bond acceptors (Lipinski definition) is 4. The predicted molar refractivity (Wildman–Crippen MR) is 70.7 cm³/mol. The summed E-state index contributed by atoms with van der Waals surface area (Å²) < 4.78 is 7.14. The smallest absolute Gasteiger partial charge is 0.105 e. The highest BCUT2D eigenvalue weighted by atomic mass is 16.3. The lowest BCUT2D eigenvalue weighted by Crippen LogP contribution is -2.54. The van der Waals surface area contributed by atoms with E-state index in [2.05, 4.69) is 10.4 Å². The first-order valence-electron chi connectivity index (χ1n) is 6.60. The van der Waals surface area contributed by atoms with Gasteiger partial charge in [0.25, 0.3) is 0 Å². The van der Waals surface area contributed by atoms with Crippen LogP contribution in [0.2, 0.25) is 0 Å². The SMILES string of the molecule is Cc1cnn([C@H]2[C@H](O)C[C@@H]2NCc2ccoc2C)c1. The molecule has 1 fully saturated rings. The van der Waals surface area contributed by atoms with Gasteiger partial charge in [-0.1, -0.05) is 0 Å². The van der Waals surface area contributed by atoms with Crippen molar-refractivity contribution in [3.05, 3.63) is 41.6 Å². The van der Waals surface area contributed by atoms with Crippen molar-refractivity contribution in [2.24, 2.45) is 0 Å². The molecule has 1 aliphatic rings. The summed E-state index contributed by atoms with van der Waals surface area (Å²) in [6.45, 7) is 4.73. The van der Waals surface area contributed by atoms with Gasteiger partial charge in [-0.3, -0.25) is 4.68 Å². The molecule has 5 nitrogen and oxygen atoms in total. The van der Waals surface area contributed by atoms with Crippen LogP contribution in [0.4, 0.5) is 0 Å². The quantitative estimate of drug-likeness (QED) is 0.876. The molecule has 0 amide bonds. The zero-order valence-electron chi connectivity index (χ0n) is 11.2. The van der Waals surface area contributed by atoms with Crippen LogP contribution in [0.3, 0.4) is 0 Å². The molecular formula is C14H19N3O2. The normalized spacial score (nSPS) is 26.4. The molecule has 3 atom stereocenters. The van der Waals surface area contributed by atoms with Crippen molar-refractivity contribution in [1.29, 1.82) is 0 Å². The fourth-order valence-corrected chi connectivity index (χ4v) is 2.61. The lowest BCUT2D eigenvalue weighted by Gasteiger charge is -2.42. The lowest BCUT2D eigenvalue weighted by molar-refractivity contribution is -0.00826. The molecule has 0 spiro atoms. The van der Waals surface area contributed by atoms with Crippen LogP contribution >= 0.6 is 0 Å². The van der Waals surface area contributed by atoms with Crippen LogP contribution in [0.25, 0.3) is 0 Å². The van der Waals surface area contributed by atoms with E-state index in [4.69, 9.17) is 4.42 Å². The van der Waals surface area contributed by atoms with Gasteiger partial charge in [0.1, 0.15) is 5.76 Å². The third-order valence-corrected chi connectivity index (χ3v) is 3.86. The lowest BCUT2D eigenvalue weighted by atomic mass is 9.83. The summed E-state index contributed by atoms with van der Waals surface area (Å²) in [5.74, 6) is 0.943. The minimum atomic E-state index is -0.317. The summed E-state index contributed by atoms with van der Waals surface area (Å²) in [5, 5.41) is 17.7. The molecule has 2 aromatic heterocycles. The summed E-state index contributed by atoms with van der Waals surface area (Å²) in [6, 6.07) is 2.26. The Labute approximate surface area is 112 Å². The fraction of sp³-hybridized carbons (Fsp3) is 0.500. The van der Waals surface area contributed by atoms with Crippen LogP contribution < -0.4 is 5.32 Å². The molecule has 0 aromatic carbocycles. The van der Waals surface area contributed by atoms with Crippen LogP contribution in [0.5, 0.6) is 0 Å². The number of nitrogens with one attached hydrogen (secondary N) is 1. The molecule has 1 aliphatic carbocycles. The summed E-state index contributed by atoms with van der Waals surface area (Å²) >= 11 is 0. The monoisotopic (exact) mass is 261 g/mol. The van der Waals surface area contributed by atoms with Gasteiger partial charge in [-0.25, -0.2) is 0 Å². The molecule has 0 bridgehead atoms. The zero-order valence-corrected chi connectivity index (χ0v) is 11.2. The highest BCUT2D eigenvalue weighted by molar-refractivity contribution is 5.16. The predicted octanol–water partition coefficient (Wildman–Crippen LogP) is 1.56. The van der Waals surface area contributed by atoms with Crippen molar-refractivity contribution in [2.75, 3.05) is 0 Å². The molecule has 102 valence electrons. The largest absolute Gasteiger partial charge is 0.469 e. The zero-order chi connectivity index (χ0) is 13.4. The minimum Gasteiger partial charge on any atom is -0.469 e. The van der Waals surface area contributed by atoms with Gasteiger partial charge in [-0.15, -0.1) is 0 Å². The topological polar surface area (TPSA) is 63.2 Å². The molecule has 5 heteroatoms. The van der Waals surface area contributed by atoms with E-state index >= 15 is 0 Å². The number of aryl methyl sites for hydroxylation is 2. The summed E-state index contributed by atoms with van der Waals surface area (Å²) in [7, 11) is 0. The number of rotatable bonds is 4. The molecule has 19 heavy (non-hydrogen) atoms. The Morgan fingerprint density at radius 1 is 1.53 bits per heavy atom. The Hall–Kier alpha value is -1.59. The van der Waals surface area contributed by atoms with Crippen molar-refractivity contribution in [2.45, 2.75) is 45.0 Å². The Morgan fingerprint density at radius 2 is 2.37 bits per heavy atom. The second-order valence-electron chi connectivity index (χ2n) is 5.28. The molecule has 2 N–H and O–H groups in total. The summed E-state index contributed by atoms with van der Waals surface area (Å²) in [5.41, 5.74) is 2.28. The van der Waals surface area contributed by atoms with Gasteiger partial charge in [0.2, 0.25) is 0 Å². The van der Waals surface area contributed by atoms with Crippen molar-refractivity contribution in [3.63, 3.8) is 0 Å². The first kappa shape index (κ1) is 12.4. The van der Waals surface area contributed by atoms with E-state index in [1.165, 1.54) is 0 Å². The van der Waals surface area contributed by atoms with E-state index in [9.17, 15) is 5.11 Å². The number of aliphatic hydroxyl groups excluding tert-OH is 1. The first-order valence-corrected chi connectivity index (χ1v) is 6.60. The fourth-order valence-electron chi connectivity index (χ4n) is 2.61. The van der Waals surface area contributed by atoms with Gasteiger partial charge < -0.3 is 14.8 Å². The Bertz CT molecular complexity index is 561. The molecule has 1 saturated carbocycles. The van der Waals surface area contributed by atoms with Crippen LogP contribution in [0.1, 0.15) is 29.3 Å². The summed E-state index contributed by atoms with van der Waals surface area (Å²) in [6.07, 6.45) is 5.95. The van der Waals surface area contributed by atoms with Crippen molar-refractivity contribution in [3.8, 4) is 0 Å². The molecule has 0 aliphatic heterocycles. The molecule has 0 unspecified atom stereocenters. The van der Waals surface area contributed by atoms with E-state index in [1.54, 1.807) is 6.26 Å². The maximum atomic E-state index is 9.93. The molecule has 2 heterocycles. The van der Waals surface area contributed by atoms with E-state index in [-0.39, 0.29) is 18.2 Å². The third kappa shape index (κ3) is 2.31. The number of hydrogen-bond donors (Lipinski definition) is 2. The highest BCUT2D eigenvalue weighted by Crippen LogP contribution is 2.32. The standard InChI is InChI=1S/C14H19N3O2/c1-9-6-16-17(8-9)14-12(5-13(14)18)15-7-11-3-4-19-10(11)2/h3-4,6,8,12-15,18H,5,7H2,1-2H3/t12-,13+,14+/m0/s1. The van der Waals surface area contributed by atoms with Crippen molar-refractivity contribution in [1.82, 2.24) is 15.1 Å². The third-order valence-electron chi connectivity index (χ3n) is 3.86. The Kier molecular flexibility index (Phi) is 3.16. The Balaban J connectivity index is 1.64. The maximum Gasteiger partial charge on any atom is 0.105 e. The number of aromatic nitrogens is 2. The van der Waals surface area contributed by atoms with Crippen molar-refractivity contribution < 1.29 is 9.52 Å². The number of nitrogens with zero attached hydrogens (tertiary/aromatic N) is 2. The molecule has 3 rings (SSSR count). The Morgan fingerprint density at radius 3 is 2.95 bits per heavy atom. The second kappa shape index (κ2) is 4.83. The van der Waals surface area contributed by atoms with Crippen LogP contribution in [0.15, 0.2) is 29.1 Å². The first-order chi connectivity index (χ1) is 9.15. The van der Waals surface area contributed by atoms with Crippen molar-refractivity contribution >= 4 is 0 Å². The van der Waals surface area contributed by atoms with Crippen LogP contribution in [-0.2, 0) is 6.54 Å². The molecule has 2 aromatic rings. The van der Waals surface area contributed by atoms with E-state index in [0.717, 1.165) is 29.9 Å². The summed E-state index contributed by atoms with van der Waals surface area (Å²) in [4.78, 5) is 0. The van der Waals surface area contributed by atoms with E-state index < -0.39 is 0 Å².